The van der Waals surface area contributed by atoms with Crippen LogP contribution in [0.4, 0.5) is 0 Å². The summed E-state index contributed by atoms with van der Waals surface area (Å²) in [5, 5.41) is 31.1. The molecule has 7 nitrogen and oxygen atoms in total. The smallest absolute Gasteiger partial charge is 0.216 e. The van der Waals surface area contributed by atoms with E-state index in [1.807, 2.05) is 0 Å². The molecule has 0 aliphatic carbocycles. The van der Waals surface area contributed by atoms with Crippen molar-refractivity contribution >= 4 is 5.91 Å². The van der Waals surface area contributed by atoms with E-state index < -0.39 is 24.3 Å². The maximum absolute atomic E-state index is 10.8. The first-order valence-electron chi connectivity index (χ1n) is 5.20. The van der Waals surface area contributed by atoms with E-state index >= 15 is 0 Å². The Labute approximate surface area is 93.8 Å². The van der Waals surface area contributed by atoms with Crippen molar-refractivity contribution < 1.29 is 20.1 Å². The molecule has 1 fully saturated rings. The fourth-order valence-electron chi connectivity index (χ4n) is 2.06. The monoisotopic (exact) mass is 233 g/mol. The molecule has 4 atom stereocenters. The summed E-state index contributed by atoms with van der Waals surface area (Å²) in [5.41, 5.74) is 5.50. The standard InChI is InChI=1S/C9H19N3O4/c1-5(14)11-2-6-8(15)9(16)7(3-13)12(6)4-10/h6-9,13,15-16H,2-4,10H2,1H3,(H,11,14)/t6-,7?,8-,9-/m1/s1. The van der Waals surface area contributed by atoms with Gasteiger partial charge >= 0.3 is 0 Å². The lowest BCUT2D eigenvalue weighted by Gasteiger charge is -2.27. The molecule has 1 rings (SSSR count). The van der Waals surface area contributed by atoms with E-state index in [-0.39, 0.29) is 25.7 Å². The molecule has 1 amide bonds. The van der Waals surface area contributed by atoms with Crippen LogP contribution in [0, 0.1) is 0 Å². The molecular formula is C9H19N3O4. The minimum Gasteiger partial charge on any atom is -0.395 e. The maximum atomic E-state index is 10.8. The molecule has 0 aromatic heterocycles. The van der Waals surface area contributed by atoms with E-state index in [2.05, 4.69) is 5.32 Å². The Kier molecular flexibility index (Phi) is 4.63. The normalized spacial score (nSPS) is 35.3. The van der Waals surface area contributed by atoms with Crippen LogP contribution in [0.25, 0.3) is 0 Å². The number of hydrogen-bond acceptors (Lipinski definition) is 6. The van der Waals surface area contributed by atoms with Gasteiger partial charge in [-0.25, -0.2) is 0 Å². The summed E-state index contributed by atoms with van der Waals surface area (Å²) < 4.78 is 0. The molecule has 1 aliphatic rings. The van der Waals surface area contributed by atoms with Crippen LogP contribution < -0.4 is 11.1 Å². The van der Waals surface area contributed by atoms with E-state index in [1.54, 1.807) is 4.90 Å². The highest BCUT2D eigenvalue weighted by Crippen LogP contribution is 2.23. The largest absolute Gasteiger partial charge is 0.395 e. The predicted molar refractivity (Wildman–Crippen MR) is 56.3 cm³/mol. The Morgan fingerprint density at radius 2 is 1.94 bits per heavy atom. The molecule has 0 radical (unpaired) electrons. The number of likely N-dealkylation sites (tertiary alicyclic amines) is 1. The molecule has 16 heavy (non-hydrogen) atoms. The number of rotatable bonds is 4. The van der Waals surface area contributed by atoms with E-state index in [1.165, 1.54) is 6.92 Å². The second-order valence-electron chi connectivity index (χ2n) is 3.93. The first-order valence-corrected chi connectivity index (χ1v) is 5.20. The first-order chi connectivity index (χ1) is 7.52. The van der Waals surface area contributed by atoms with Gasteiger partial charge in [-0.15, -0.1) is 0 Å². The molecule has 1 unspecified atom stereocenters. The van der Waals surface area contributed by atoms with Gasteiger partial charge in [0.25, 0.3) is 0 Å². The topological polar surface area (TPSA) is 119 Å². The fourth-order valence-corrected chi connectivity index (χ4v) is 2.06. The number of carbonyl (C=O) groups is 1. The molecule has 1 saturated heterocycles. The quantitative estimate of drug-likeness (QED) is 0.349. The zero-order valence-electron chi connectivity index (χ0n) is 9.21. The van der Waals surface area contributed by atoms with Crippen LogP contribution in [0.5, 0.6) is 0 Å². The van der Waals surface area contributed by atoms with Gasteiger partial charge in [-0.2, -0.15) is 0 Å². The predicted octanol–water partition coefficient (Wildman–Crippen LogP) is -3.19. The van der Waals surface area contributed by atoms with Gasteiger partial charge < -0.3 is 26.4 Å². The Morgan fingerprint density at radius 1 is 1.38 bits per heavy atom. The summed E-state index contributed by atoms with van der Waals surface area (Å²) in [4.78, 5) is 12.4. The van der Waals surface area contributed by atoms with Crippen LogP contribution in [0.2, 0.25) is 0 Å². The Bertz CT molecular complexity index is 251. The van der Waals surface area contributed by atoms with Crippen molar-refractivity contribution in [1.29, 1.82) is 0 Å². The van der Waals surface area contributed by atoms with Crippen LogP contribution in [-0.4, -0.2) is 70.2 Å². The highest BCUT2D eigenvalue weighted by Gasteiger charge is 2.46. The number of nitrogens with two attached hydrogens (primary N) is 1. The lowest BCUT2D eigenvalue weighted by molar-refractivity contribution is -0.119. The number of aliphatic hydroxyl groups is 3. The van der Waals surface area contributed by atoms with Crippen molar-refractivity contribution in [2.24, 2.45) is 5.73 Å². The third kappa shape index (κ3) is 2.50. The number of hydrogen-bond donors (Lipinski definition) is 5. The van der Waals surface area contributed by atoms with Gasteiger partial charge in [0.1, 0.15) is 0 Å². The SMILES string of the molecule is CC(=O)NC[C@@H]1[C@@H](O)[C@H](O)C(CO)N1CN. The molecular weight excluding hydrogens is 214 g/mol. The maximum Gasteiger partial charge on any atom is 0.216 e. The molecule has 0 aromatic carbocycles. The number of aliphatic hydroxyl groups excluding tert-OH is 3. The van der Waals surface area contributed by atoms with Crippen LogP contribution in [0.15, 0.2) is 0 Å². The van der Waals surface area contributed by atoms with E-state index in [9.17, 15) is 15.0 Å². The number of nitrogens with one attached hydrogen (secondary N) is 1. The molecule has 0 aromatic rings. The average molecular weight is 233 g/mol. The number of amides is 1. The van der Waals surface area contributed by atoms with E-state index in [4.69, 9.17) is 10.8 Å². The zero-order valence-corrected chi connectivity index (χ0v) is 9.21. The first kappa shape index (κ1) is 13.3. The lowest BCUT2D eigenvalue weighted by atomic mass is 10.1. The highest BCUT2D eigenvalue weighted by molar-refractivity contribution is 5.72. The minimum atomic E-state index is -1.05. The van der Waals surface area contributed by atoms with Crippen molar-refractivity contribution in [3.8, 4) is 0 Å². The molecule has 7 heteroatoms. The van der Waals surface area contributed by atoms with Crippen LogP contribution in [-0.2, 0) is 4.79 Å². The van der Waals surface area contributed by atoms with Gasteiger partial charge in [0.15, 0.2) is 0 Å². The molecule has 1 heterocycles. The second kappa shape index (κ2) is 5.55. The van der Waals surface area contributed by atoms with Crippen LogP contribution in [0.1, 0.15) is 6.92 Å². The van der Waals surface area contributed by atoms with E-state index in [0.717, 1.165) is 0 Å². The number of carbonyl (C=O) groups excluding carboxylic acids is 1. The molecule has 0 bridgehead atoms. The molecule has 94 valence electrons. The van der Waals surface area contributed by atoms with Gasteiger partial charge in [0.05, 0.1) is 30.9 Å². The van der Waals surface area contributed by atoms with Gasteiger partial charge in [-0.1, -0.05) is 0 Å². The molecule has 0 spiro atoms. The molecule has 0 saturated carbocycles. The fraction of sp³-hybridized carbons (Fsp3) is 0.889. The van der Waals surface area contributed by atoms with Crippen molar-refractivity contribution in [2.75, 3.05) is 19.8 Å². The third-order valence-electron chi connectivity index (χ3n) is 2.95. The van der Waals surface area contributed by atoms with Crippen LogP contribution in [0.3, 0.4) is 0 Å². The van der Waals surface area contributed by atoms with E-state index in [0.29, 0.717) is 0 Å². The Hall–Kier alpha value is -0.730. The van der Waals surface area contributed by atoms with Crippen molar-refractivity contribution in [1.82, 2.24) is 10.2 Å². The van der Waals surface area contributed by atoms with Gasteiger partial charge in [-0.3, -0.25) is 9.69 Å². The second-order valence-corrected chi connectivity index (χ2v) is 3.93. The van der Waals surface area contributed by atoms with Gasteiger partial charge in [0.2, 0.25) is 5.91 Å². The van der Waals surface area contributed by atoms with Crippen molar-refractivity contribution in [3.63, 3.8) is 0 Å². The Morgan fingerprint density at radius 3 is 2.38 bits per heavy atom. The van der Waals surface area contributed by atoms with Gasteiger partial charge in [-0.05, 0) is 0 Å². The molecule has 1 aliphatic heterocycles. The average Bonchev–Trinajstić information content (AvgIpc) is 2.48. The number of nitrogens with zero attached hydrogens (tertiary/aromatic N) is 1. The summed E-state index contributed by atoms with van der Waals surface area (Å²) in [7, 11) is 0. The summed E-state index contributed by atoms with van der Waals surface area (Å²) in [6.07, 6.45) is -2.07. The van der Waals surface area contributed by atoms with Gasteiger partial charge in [0, 0.05) is 20.1 Å². The minimum absolute atomic E-state index is 0.101. The molecule has 6 N–H and O–H groups in total. The highest BCUT2D eigenvalue weighted by atomic mass is 16.3. The third-order valence-corrected chi connectivity index (χ3v) is 2.95. The van der Waals surface area contributed by atoms with Crippen molar-refractivity contribution in [2.45, 2.75) is 31.2 Å². The van der Waals surface area contributed by atoms with Crippen LogP contribution >= 0.6 is 0 Å². The summed E-state index contributed by atoms with van der Waals surface area (Å²) in [6, 6.07) is -1.06. The zero-order chi connectivity index (χ0) is 12.3. The Balaban J connectivity index is 2.69. The summed E-state index contributed by atoms with van der Waals surface area (Å²) in [5.74, 6) is -0.217. The van der Waals surface area contributed by atoms with Crippen molar-refractivity contribution in [3.05, 3.63) is 0 Å². The summed E-state index contributed by atoms with van der Waals surface area (Å²) in [6.45, 7) is 1.38. The summed E-state index contributed by atoms with van der Waals surface area (Å²) >= 11 is 0. The lowest BCUT2D eigenvalue weighted by Crippen LogP contribution is -2.49.